The molecular weight excluding hydrogens is 369 g/mol. The summed E-state index contributed by atoms with van der Waals surface area (Å²) in [5.74, 6) is -1.11. The van der Waals surface area contributed by atoms with Crippen molar-refractivity contribution in [2.75, 3.05) is 7.11 Å². The van der Waals surface area contributed by atoms with Gasteiger partial charge in [0.15, 0.2) is 5.60 Å². The molecular formula is C15H22Na2O7P. The van der Waals surface area contributed by atoms with Crippen LogP contribution in [0.25, 0.3) is 0 Å². The fraction of sp³-hybridized carbons (Fsp3) is 0.600. The Kier molecular flexibility index (Phi) is 9.90. The predicted octanol–water partition coefficient (Wildman–Crippen LogP) is -1.04. The molecule has 1 fully saturated rings. The minimum atomic E-state index is -4.89. The van der Waals surface area contributed by atoms with Crippen molar-refractivity contribution in [1.29, 1.82) is 0 Å². The first-order valence-corrected chi connectivity index (χ1v) is 8.84. The quantitative estimate of drug-likeness (QED) is 0.376. The molecule has 1 aliphatic rings. The smallest absolute Gasteiger partial charge is 0.746 e. The molecule has 0 bridgehead atoms. The van der Waals surface area contributed by atoms with Crippen LogP contribution in [-0.4, -0.2) is 47.2 Å². The molecule has 1 heterocycles. The van der Waals surface area contributed by atoms with Gasteiger partial charge in [0.1, 0.15) is 5.75 Å². The maximum atomic E-state index is 10.9. The normalized spacial score (nSPS) is 23.9. The summed E-state index contributed by atoms with van der Waals surface area (Å²) in [5.41, 5.74) is -0.208. The van der Waals surface area contributed by atoms with Crippen molar-refractivity contribution in [3.63, 3.8) is 0 Å². The standard InChI is InChI=1S/C15H23O7P.2Na/c1-10(2)14(11(3)4)15(19-5,22-21-14)12-7-6-8-13(9-12)20-23(16,17)18;;/h6-11H,1-5H3,(H2,16,17,18);;/q;;+1/p-1. The summed E-state index contributed by atoms with van der Waals surface area (Å²) < 4.78 is 21.1. The molecule has 10 heteroatoms. The van der Waals surface area contributed by atoms with Gasteiger partial charge >= 0.3 is 37.4 Å². The molecule has 1 saturated heterocycles. The Balaban J connectivity index is 0.00000288. The molecule has 25 heavy (non-hydrogen) atoms. The first kappa shape index (κ1) is 26.1. The van der Waals surface area contributed by atoms with E-state index in [4.69, 9.17) is 19.4 Å². The van der Waals surface area contributed by atoms with Crippen LogP contribution in [-0.2, 0) is 24.9 Å². The van der Waals surface area contributed by atoms with Gasteiger partial charge in [-0.2, -0.15) is 4.89 Å². The molecule has 1 radical (unpaired) electrons. The first-order valence-electron chi connectivity index (χ1n) is 7.35. The molecule has 2 rings (SSSR count). The predicted molar refractivity (Wildman–Crippen MR) is 85.9 cm³/mol. The number of phosphoric ester groups is 1. The van der Waals surface area contributed by atoms with Gasteiger partial charge in [-0.05, 0) is 24.0 Å². The molecule has 0 aliphatic carbocycles. The number of rotatable bonds is 6. The van der Waals surface area contributed by atoms with Crippen molar-refractivity contribution < 1.29 is 62.9 Å². The number of phosphoric acid groups is 1. The van der Waals surface area contributed by atoms with Crippen LogP contribution < -0.4 is 39.0 Å². The van der Waals surface area contributed by atoms with Crippen LogP contribution in [0.15, 0.2) is 24.3 Å². The van der Waals surface area contributed by atoms with Gasteiger partial charge in [0.05, 0.1) is 0 Å². The summed E-state index contributed by atoms with van der Waals surface area (Å²) in [7, 11) is -3.39. The van der Waals surface area contributed by atoms with Gasteiger partial charge in [0, 0.05) is 42.2 Å². The van der Waals surface area contributed by atoms with Crippen LogP contribution in [0.4, 0.5) is 0 Å². The Hall–Kier alpha value is 1.05. The van der Waals surface area contributed by atoms with E-state index in [9.17, 15) is 9.46 Å². The molecule has 0 aromatic heterocycles. The van der Waals surface area contributed by atoms with Gasteiger partial charge in [-0.15, -0.1) is 0 Å². The fourth-order valence-corrected chi connectivity index (χ4v) is 3.69. The van der Waals surface area contributed by atoms with Gasteiger partial charge in [-0.25, -0.2) is 4.89 Å². The second-order valence-electron chi connectivity index (χ2n) is 6.18. The Labute approximate surface area is 192 Å². The van der Waals surface area contributed by atoms with E-state index < -0.39 is 19.2 Å². The van der Waals surface area contributed by atoms with Gasteiger partial charge in [-0.1, -0.05) is 39.8 Å². The van der Waals surface area contributed by atoms with Crippen molar-refractivity contribution in [2.45, 2.75) is 39.1 Å². The van der Waals surface area contributed by atoms with Crippen LogP contribution >= 0.6 is 7.82 Å². The third kappa shape index (κ3) is 4.73. The van der Waals surface area contributed by atoms with E-state index in [1.54, 1.807) is 12.1 Å². The molecule has 7 nitrogen and oxygen atoms in total. The van der Waals surface area contributed by atoms with E-state index >= 15 is 0 Å². The van der Waals surface area contributed by atoms with Crippen LogP contribution in [0.1, 0.15) is 33.3 Å². The van der Waals surface area contributed by atoms with Crippen molar-refractivity contribution in [2.24, 2.45) is 11.8 Å². The van der Waals surface area contributed by atoms with Crippen molar-refractivity contribution in [3.05, 3.63) is 29.8 Å². The molecule has 2 unspecified atom stereocenters. The largest absolute Gasteiger partial charge is 1.00 e. The zero-order valence-corrected chi connectivity index (χ0v) is 20.7. The summed E-state index contributed by atoms with van der Waals surface area (Å²) in [6.45, 7) is 7.98. The molecule has 0 spiro atoms. The van der Waals surface area contributed by atoms with Crippen LogP contribution in [0.2, 0.25) is 0 Å². The summed E-state index contributed by atoms with van der Waals surface area (Å²) in [6, 6.07) is 6.19. The van der Waals surface area contributed by atoms with E-state index in [2.05, 4.69) is 4.52 Å². The third-order valence-electron chi connectivity index (χ3n) is 4.25. The molecule has 1 aromatic rings. The van der Waals surface area contributed by atoms with Gasteiger partial charge in [0.2, 0.25) is 0 Å². The van der Waals surface area contributed by atoms with Gasteiger partial charge < -0.3 is 19.0 Å². The van der Waals surface area contributed by atoms with Crippen LogP contribution in [0, 0.1) is 11.8 Å². The minimum absolute atomic E-state index is 0. The third-order valence-corrected chi connectivity index (χ3v) is 4.69. The zero-order chi connectivity index (χ0) is 17.5. The molecule has 1 aromatic carbocycles. The summed E-state index contributed by atoms with van der Waals surface area (Å²) in [4.78, 5) is 30.7. The Morgan fingerprint density at radius 1 is 1.20 bits per heavy atom. The molecule has 0 amide bonds. The van der Waals surface area contributed by atoms with Crippen LogP contribution in [0.3, 0.4) is 0 Å². The van der Waals surface area contributed by atoms with Gasteiger partial charge in [0.25, 0.3) is 5.79 Å². The number of ether oxygens (including phenoxy) is 1. The second-order valence-corrected chi connectivity index (χ2v) is 7.30. The summed E-state index contributed by atoms with van der Waals surface area (Å²) in [6.07, 6.45) is 0. The van der Waals surface area contributed by atoms with E-state index in [0.29, 0.717) is 5.56 Å². The van der Waals surface area contributed by atoms with Crippen LogP contribution in [0.5, 0.6) is 5.75 Å². The van der Waals surface area contributed by atoms with E-state index in [1.165, 1.54) is 19.2 Å². The molecule has 0 saturated carbocycles. The van der Waals surface area contributed by atoms with Crippen molar-refractivity contribution in [3.8, 4) is 5.75 Å². The average Bonchev–Trinajstić information content (AvgIpc) is 2.36. The summed E-state index contributed by atoms with van der Waals surface area (Å²) in [5, 5.41) is 0. The number of benzene rings is 1. The summed E-state index contributed by atoms with van der Waals surface area (Å²) >= 11 is 0. The molecule has 1 N–H and O–H groups in total. The van der Waals surface area contributed by atoms with E-state index in [0.717, 1.165) is 0 Å². The van der Waals surface area contributed by atoms with Crippen molar-refractivity contribution in [1.82, 2.24) is 0 Å². The molecule has 131 valence electrons. The maximum absolute atomic E-state index is 10.9. The van der Waals surface area contributed by atoms with Crippen molar-refractivity contribution >= 4 is 37.4 Å². The Morgan fingerprint density at radius 2 is 1.76 bits per heavy atom. The Morgan fingerprint density at radius 3 is 2.12 bits per heavy atom. The Bertz CT molecular complexity index is 608. The topological polar surface area (TPSA) is 97.3 Å². The molecule has 1 aliphatic heterocycles. The number of methoxy groups -OCH3 is 1. The fourth-order valence-electron chi connectivity index (χ4n) is 3.31. The zero-order valence-electron chi connectivity index (χ0n) is 15.8. The number of hydrogen-bond acceptors (Lipinski definition) is 6. The van der Waals surface area contributed by atoms with E-state index in [-0.39, 0.29) is 76.7 Å². The second kappa shape index (κ2) is 9.50. The number of hydrogen-bond donors (Lipinski definition) is 1. The minimum Gasteiger partial charge on any atom is -0.746 e. The average molecular weight is 391 g/mol. The SMILES string of the molecule is COC1(c2cccc(OP(=O)([O-])O)c2)OOC1(C(C)C)C(C)C.[Na+].[Na]. The monoisotopic (exact) mass is 391 g/mol. The van der Waals surface area contributed by atoms with E-state index in [1.807, 2.05) is 27.7 Å². The van der Waals surface area contributed by atoms with Gasteiger partial charge in [-0.3, -0.25) is 4.57 Å². The molecule has 2 atom stereocenters. The first-order chi connectivity index (χ1) is 10.6. The maximum Gasteiger partial charge on any atom is 1.00 e.